The van der Waals surface area contributed by atoms with Crippen LogP contribution in [0.25, 0.3) is 16.1 Å². The number of imidazole rings is 1. The number of amides is 2. The molecule has 7 heteroatoms. The van der Waals surface area contributed by atoms with Crippen molar-refractivity contribution in [2.45, 2.75) is 26.3 Å². The van der Waals surface area contributed by atoms with Gasteiger partial charge in [0.25, 0.3) is 11.8 Å². The highest BCUT2D eigenvalue weighted by Gasteiger charge is 2.34. The molecule has 1 saturated heterocycles. The van der Waals surface area contributed by atoms with E-state index in [-0.39, 0.29) is 17.9 Å². The van der Waals surface area contributed by atoms with Crippen molar-refractivity contribution in [1.82, 2.24) is 19.6 Å². The first kappa shape index (κ1) is 20.5. The van der Waals surface area contributed by atoms with Crippen LogP contribution < -0.4 is 5.32 Å². The van der Waals surface area contributed by atoms with Crippen molar-refractivity contribution >= 4 is 28.1 Å². The van der Waals surface area contributed by atoms with Crippen molar-refractivity contribution in [3.8, 4) is 11.1 Å². The lowest BCUT2D eigenvalue weighted by Crippen LogP contribution is -2.56. The number of hydrogen-bond acceptors (Lipinski definition) is 4. The van der Waals surface area contributed by atoms with Gasteiger partial charge in [-0.1, -0.05) is 36.4 Å². The third-order valence-corrected chi connectivity index (χ3v) is 7.03. The fraction of sp³-hybridized carbons (Fsp3) is 0.240. The van der Waals surface area contributed by atoms with Crippen LogP contribution >= 0.6 is 11.3 Å². The van der Waals surface area contributed by atoms with E-state index >= 15 is 0 Å². The summed E-state index contributed by atoms with van der Waals surface area (Å²) in [5.74, 6) is -0.167. The van der Waals surface area contributed by atoms with Crippen LogP contribution in [0.5, 0.6) is 0 Å². The summed E-state index contributed by atoms with van der Waals surface area (Å²) in [5, 5.41) is 4.88. The number of hydrogen-bond donors (Lipinski definition) is 1. The van der Waals surface area contributed by atoms with Crippen LogP contribution in [0.2, 0.25) is 0 Å². The number of fused-ring (bicyclic) bond motifs is 1. The molecule has 5 rings (SSSR count). The second kappa shape index (κ2) is 8.24. The molecular formula is C25H24N4O2S. The highest BCUT2D eigenvalue weighted by molar-refractivity contribution is 7.15. The normalized spacial score (nSPS) is 15.6. The summed E-state index contributed by atoms with van der Waals surface area (Å²) in [5.41, 5.74) is 5.63. The average Bonchev–Trinajstić information content (AvgIpc) is 3.39. The van der Waals surface area contributed by atoms with Crippen molar-refractivity contribution in [2.75, 3.05) is 13.1 Å². The fourth-order valence-corrected chi connectivity index (χ4v) is 4.79. The maximum atomic E-state index is 13.4. The maximum Gasteiger partial charge on any atom is 0.270 e. The first-order valence-electron chi connectivity index (χ1n) is 10.7. The first-order valence-corrected chi connectivity index (χ1v) is 11.6. The molecule has 32 heavy (non-hydrogen) atoms. The quantitative estimate of drug-likeness (QED) is 0.498. The van der Waals surface area contributed by atoms with Gasteiger partial charge >= 0.3 is 0 Å². The molecule has 2 aromatic carbocycles. The van der Waals surface area contributed by atoms with Gasteiger partial charge in [-0.15, -0.1) is 11.3 Å². The lowest BCUT2D eigenvalue weighted by molar-refractivity contribution is 0.0456. The standard InChI is InChI=1S/C25H24N4O2S/c1-16-7-8-18(13-17(16)2)20-5-3-4-6-21(20)24(31)28-10-9-19(28)14-26-23(30)22-15-27-25-29(22)11-12-32-25/h3-8,11-13,15,19H,9-10,14H2,1-2H3,(H,26,30)/t19-/m1/s1. The predicted molar refractivity (Wildman–Crippen MR) is 126 cm³/mol. The van der Waals surface area contributed by atoms with E-state index in [2.05, 4.69) is 42.3 Å². The molecule has 1 atom stereocenters. The smallest absolute Gasteiger partial charge is 0.270 e. The molecule has 162 valence electrons. The monoisotopic (exact) mass is 444 g/mol. The molecule has 2 aromatic heterocycles. The topological polar surface area (TPSA) is 66.7 Å². The predicted octanol–water partition coefficient (Wildman–Crippen LogP) is 4.32. The van der Waals surface area contributed by atoms with Gasteiger partial charge in [0.05, 0.1) is 12.2 Å². The fourth-order valence-electron chi connectivity index (χ4n) is 4.10. The Kier molecular flexibility index (Phi) is 5.27. The number of benzene rings is 2. The minimum absolute atomic E-state index is 0.00825. The summed E-state index contributed by atoms with van der Waals surface area (Å²) in [4.78, 5) is 32.9. The minimum atomic E-state index is -0.175. The molecule has 1 N–H and O–H groups in total. The SMILES string of the molecule is Cc1ccc(-c2ccccc2C(=O)N2CC[C@@H]2CNC(=O)c2cnc3sccn23)cc1C. The van der Waals surface area contributed by atoms with Crippen molar-refractivity contribution in [3.05, 3.63) is 82.6 Å². The zero-order valence-electron chi connectivity index (χ0n) is 18.0. The number of nitrogens with zero attached hydrogens (tertiary/aromatic N) is 3. The van der Waals surface area contributed by atoms with Crippen LogP contribution in [0.4, 0.5) is 0 Å². The number of nitrogens with one attached hydrogen (secondary N) is 1. The van der Waals surface area contributed by atoms with E-state index in [1.807, 2.05) is 40.7 Å². The summed E-state index contributed by atoms with van der Waals surface area (Å²) < 4.78 is 1.78. The molecule has 6 nitrogen and oxygen atoms in total. The number of aryl methyl sites for hydroxylation is 2. The summed E-state index contributed by atoms with van der Waals surface area (Å²) in [7, 11) is 0. The number of likely N-dealkylation sites (tertiary alicyclic amines) is 1. The van der Waals surface area contributed by atoms with Gasteiger partial charge in [0.15, 0.2) is 4.96 Å². The number of carbonyl (C=O) groups is 2. The molecule has 1 aliphatic rings. The van der Waals surface area contributed by atoms with Crippen molar-refractivity contribution in [2.24, 2.45) is 0 Å². The molecule has 0 radical (unpaired) electrons. The van der Waals surface area contributed by atoms with E-state index in [0.29, 0.717) is 24.3 Å². The van der Waals surface area contributed by atoms with Crippen LogP contribution in [0.3, 0.4) is 0 Å². The molecule has 0 aliphatic carbocycles. The molecule has 0 saturated carbocycles. The van der Waals surface area contributed by atoms with E-state index in [0.717, 1.165) is 22.5 Å². The average molecular weight is 445 g/mol. The molecular weight excluding hydrogens is 420 g/mol. The molecule has 0 spiro atoms. The van der Waals surface area contributed by atoms with Crippen LogP contribution in [0.1, 0.15) is 38.4 Å². The van der Waals surface area contributed by atoms with Gasteiger partial charge < -0.3 is 10.2 Å². The molecule has 0 unspecified atom stereocenters. The van der Waals surface area contributed by atoms with E-state index < -0.39 is 0 Å². The largest absolute Gasteiger partial charge is 0.349 e. The van der Waals surface area contributed by atoms with Gasteiger partial charge in [-0.25, -0.2) is 4.98 Å². The summed E-state index contributed by atoms with van der Waals surface area (Å²) >= 11 is 1.49. The Balaban J connectivity index is 1.31. The van der Waals surface area contributed by atoms with Gasteiger partial charge in [-0.05, 0) is 48.6 Å². The van der Waals surface area contributed by atoms with Crippen LogP contribution in [0, 0.1) is 13.8 Å². The molecule has 1 fully saturated rings. The molecule has 2 amide bonds. The Bertz CT molecular complexity index is 1320. The number of carbonyl (C=O) groups excluding carboxylic acids is 2. The Morgan fingerprint density at radius 3 is 2.78 bits per heavy atom. The van der Waals surface area contributed by atoms with Crippen molar-refractivity contribution in [3.63, 3.8) is 0 Å². The lowest BCUT2D eigenvalue weighted by atomic mass is 9.94. The van der Waals surface area contributed by atoms with Gasteiger partial charge in [0, 0.05) is 30.2 Å². The Morgan fingerprint density at radius 1 is 1.16 bits per heavy atom. The Hall–Kier alpha value is -3.45. The van der Waals surface area contributed by atoms with Gasteiger partial charge in [0.2, 0.25) is 0 Å². The Labute approximate surface area is 190 Å². The van der Waals surface area contributed by atoms with Gasteiger partial charge in [-0.3, -0.25) is 14.0 Å². The van der Waals surface area contributed by atoms with Gasteiger partial charge in [0.1, 0.15) is 5.69 Å². The van der Waals surface area contributed by atoms with Crippen molar-refractivity contribution < 1.29 is 9.59 Å². The second-order valence-corrected chi connectivity index (χ2v) is 9.07. The number of thiazole rings is 1. The van der Waals surface area contributed by atoms with Crippen LogP contribution in [-0.4, -0.2) is 45.2 Å². The second-order valence-electron chi connectivity index (χ2n) is 8.19. The van der Waals surface area contributed by atoms with E-state index in [4.69, 9.17) is 0 Å². The third kappa shape index (κ3) is 3.58. The van der Waals surface area contributed by atoms with E-state index in [1.165, 1.54) is 22.5 Å². The van der Waals surface area contributed by atoms with E-state index in [9.17, 15) is 9.59 Å². The lowest BCUT2D eigenvalue weighted by Gasteiger charge is -2.41. The molecule has 0 bridgehead atoms. The van der Waals surface area contributed by atoms with Crippen LogP contribution in [0.15, 0.2) is 60.2 Å². The summed E-state index contributed by atoms with van der Waals surface area (Å²) in [6, 6.07) is 14.0. The van der Waals surface area contributed by atoms with Crippen molar-refractivity contribution in [1.29, 1.82) is 0 Å². The summed E-state index contributed by atoms with van der Waals surface area (Å²) in [6.07, 6.45) is 4.30. The Morgan fingerprint density at radius 2 is 2.00 bits per heavy atom. The molecule has 4 aromatic rings. The highest BCUT2D eigenvalue weighted by Crippen LogP contribution is 2.29. The van der Waals surface area contributed by atoms with Gasteiger partial charge in [-0.2, -0.15) is 0 Å². The minimum Gasteiger partial charge on any atom is -0.349 e. The maximum absolute atomic E-state index is 13.4. The molecule has 1 aliphatic heterocycles. The zero-order chi connectivity index (χ0) is 22.2. The summed E-state index contributed by atoms with van der Waals surface area (Å²) in [6.45, 7) is 5.29. The highest BCUT2D eigenvalue weighted by atomic mass is 32.1. The molecule has 3 heterocycles. The number of rotatable bonds is 5. The first-order chi connectivity index (χ1) is 15.5. The van der Waals surface area contributed by atoms with E-state index in [1.54, 1.807) is 10.6 Å². The number of aromatic nitrogens is 2. The third-order valence-electron chi connectivity index (χ3n) is 6.26. The van der Waals surface area contributed by atoms with Crippen LogP contribution in [-0.2, 0) is 0 Å². The zero-order valence-corrected chi connectivity index (χ0v) is 18.9.